The Morgan fingerprint density at radius 1 is 1.03 bits per heavy atom. The zero-order chi connectivity index (χ0) is 25.0. The van der Waals surface area contributed by atoms with E-state index in [1.807, 2.05) is 0 Å². The number of nitrogens with zero attached hydrogens (tertiary/aromatic N) is 4. The molecule has 1 unspecified atom stereocenters. The summed E-state index contributed by atoms with van der Waals surface area (Å²) >= 11 is 1.01. The molecule has 35 heavy (non-hydrogen) atoms. The number of carbonyl (C=O) groups is 3. The highest BCUT2D eigenvalue weighted by Gasteiger charge is 2.48. The average Bonchev–Trinajstić information content (AvgIpc) is 3.45. The van der Waals surface area contributed by atoms with Gasteiger partial charge < -0.3 is 10.2 Å². The summed E-state index contributed by atoms with van der Waals surface area (Å²) in [5, 5.41) is 21.4. The van der Waals surface area contributed by atoms with E-state index >= 15 is 0 Å². The Bertz CT molecular complexity index is 1560. The molecule has 1 aliphatic rings. The predicted octanol–water partition coefficient (Wildman–Crippen LogP) is 3.94. The number of imidazole rings is 1. The second-order valence-electron chi connectivity index (χ2n) is 8.20. The maximum atomic E-state index is 13.4. The summed E-state index contributed by atoms with van der Waals surface area (Å²) in [4.78, 5) is 49.1. The first-order valence-electron chi connectivity index (χ1n) is 10.7. The topological polar surface area (TPSA) is 125 Å². The standard InChI is InChI=1S/C25H20N4O5S/c1-12-19(28-11-5-4-6-17(28)26-12)21(32)18-20(15-7-9-16(31)10-8-15)29(24(34)22(18)33)25-27-13(2)23(35-25)14(3)30/h4-11,20,31-32H,1-3H3/b21-18+. The van der Waals surface area contributed by atoms with E-state index in [4.69, 9.17) is 0 Å². The van der Waals surface area contributed by atoms with Crippen LogP contribution >= 0.6 is 11.3 Å². The lowest BCUT2D eigenvalue weighted by Crippen LogP contribution is -2.29. The van der Waals surface area contributed by atoms with Crippen LogP contribution in [-0.2, 0) is 9.59 Å². The average molecular weight is 489 g/mol. The molecule has 0 bridgehead atoms. The molecule has 0 spiro atoms. The molecule has 10 heteroatoms. The molecule has 1 atom stereocenters. The fourth-order valence-corrected chi connectivity index (χ4v) is 5.33. The molecule has 2 N–H and O–H groups in total. The number of fused-ring (bicyclic) bond motifs is 1. The van der Waals surface area contributed by atoms with E-state index in [1.54, 1.807) is 54.8 Å². The van der Waals surface area contributed by atoms with E-state index in [2.05, 4.69) is 9.97 Å². The molecule has 1 amide bonds. The van der Waals surface area contributed by atoms with Crippen LogP contribution < -0.4 is 4.90 Å². The maximum absolute atomic E-state index is 13.4. The molecule has 0 aliphatic carbocycles. The lowest BCUT2D eigenvalue weighted by Gasteiger charge is -2.23. The van der Waals surface area contributed by atoms with Crippen LogP contribution in [0.4, 0.5) is 5.13 Å². The summed E-state index contributed by atoms with van der Waals surface area (Å²) in [6.45, 7) is 4.77. The third-order valence-corrected chi connectivity index (χ3v) is 7.15. The van der Waals surface area contributed by atoms with Crippen molar-refractivity contribution in [2.45, 2.75) is 26.8 Å². The number of phenolic OH excluding ortho intramolecular Hbond substituents is 1. The zero-order valence-electron chi connectivity index (χ0n) is 19.0. The minimum Gasteiger partial charge on any atom is -0.508 e. The summed E-state index contributed by atoms with van der Waals surface area (Å²) in [5.41, 5.74) is 2.14. The van der Waals surface area contributed by atoms with Gasteiger partial charge in [-0.25, -0.2) is 9.97 Å². The molecule has 4 aromatic rings. The Hall–Kier alpha value is -4.31. The number of aromatic nitrogens is 3. The molecule has 4 heterocycles. The van der Waals surface area contributed by atoms with Gasteiger partial charge in [-0.2, -0.15) is 0 Å². The summed E-state index contributed by atoms with van der Waals surface area (Å²) in [7, 11) is 0. The molecule has 1 aromatic carbocycles. The highest BCUT2D eigenvalue weighted by Crippen LogP contribution is 2.44. The fourth-order valence-electron chi connectivity index (χ4n) is 4.34. The molecule has 0 radical (unpaired) electrons. The number of anilines is 1. The summed E-state index contributed by atoms with van der Waals surface area (Å²) in [6.07, 6.45) is 1.71. The van der Waals surface area contributed by atoms with Crippen molar-refractivity contribution >= 4 is 45.3 Å². The molecule has 3 aromatic heterocycles. The monoisotopic (exact) mass is 488 g/mol. The Morgan fingerprint density at radius 3 is 2.40 bits per heavy atom. The van der Waals surface area contributed by atoms with E-state index < -0.39 is 17.7 Å². The number of phenols is 1. The van der Waals surface area contributed by atoms with Crippen LogP contribution in [0.1, 0.15) is 45.3 Å². The van der Waals surface area contributed by atoms with Crippen molar-refractivity contribution in [1.29, 1.82) is 0 Å². The molecule has 1 saturated heterocycles. The number of hydrogen-bond acceptors (Lipinski definition) is 8. The molecule has 0 saturated carbocycles. The van der Waals surface area contributed by atoms with E-state index in [9.17, 15) is 24.6 Å². The van der Waals surface area contributed by atoms with Gasteiger partial charge in [0.1, 0.15) is 17.1 Å². The molecule has 1 aliphatic heterocycles. The largest absolute Gasteiger partial charge is 0.508 e. The number of ketones is 2. The van der Waals surface area contributed by atoms with Crippen LogP contribution in [0.2, 0.25) is 0 Å². The number of rotatable bonds is 4. The number of amides is 1. The van der Waals surface area contributed by atoms with Gasteiger partial charge >= 0.3 is 5.91 Å². The minimum absolute atomic E-state index is 0.00675. The summed E-state index contributed by atoms with van der Waals surface area (Å²) in [5.74, 6) is -2.33. The number of benzene rings is 1. The summed E-state index contributed by atoms with van der Waals surface area (Å²) in [6, 6.07) is 10.3. The van der Waals surface area contributed by atoms with Crippen LogP contribution in [-0.4, -0.2) is 42.1 Å². The number of aryl methyl sites for hydroxylation is 2. The third kappa shape index (κ3) is 3.50. The Morgan fingerprint density at radius 2 is 1.74 bits per heavy atom. The summed E-state index contributed by atoms with van der Waals surface area (Å²) < 4.78 is 1.65. The molecule has 176 valence electrons. The normalized spacial score (nSPS) is 17.5. The van der Waals surface area contributed by atoms with Gasteiger partial charge in [0.2, 0.25) is 0 Å². The number of aliphatic hydroxyl groups excluding tert-OH is 1. The number of pyridine rings is 1. The first-order valence-corrected chi connectivity index (χ1v) is 11.5. The van der Waals surface area contributed by atoms with Gasteiger partial charge in [0.25, 0.3) is 5.78 Å². The Labute approximate surface area is 203 Å². The predicted molar refractivity (Wildman–Crippen MR) is 130 cm³/mol. The highest BCUT2D eigenvalue weighted by molar-refractivity contribution is 7.18. The van der Waals surface area contributed by atoms with Crippen LogP contribution in [0.5, 0.6) is 5.75 Å². The SMILES string of the molecule is CC(=O)c1sc(N2C(=O)C(=O)/C(=C(/O)c3c(C)nc4ccccn34)C2c2ccc(O)cc2)nc1C. The molecular formula is C25H20N4O5S. The lowest BCUT2D eigenvalue weighted by atomic mass is 9.96. The van der Waals surface area contributed by atoms with Gasteiger partial charge in [-0.15, -0.1) is 0 Å². The van der Waals surface area contributed by atoms with Crippen molar-refractivity contribution in [2.75, 3.05) is 4.90 Å². The molecule has 1 fully saturated rings. The van der Waals surface area contributed by atoms with Gasteiger partial charge in [-0.05, 0) is 43.7 Å². The Kier molecular flexibility index (Phi) is 5.25. The molecular weight excluding hydrogens is 468 g/mol. The third-order valence-electron chi connectivity index (χ3n) is 5.89. The quantitative estimate of drug-likeness (QED) is 0.193. The highest BCUT2D eigenvalue weighted by atomic mass is 32.1. The van der Waals surface area contributed by atoms with Crippen LogP contribution in [0.15, 0.2) is 54.2 Å². The number of carbonyl (C=O) groups excluding carboxylic acids is 3. The second kappa shape index (κ2) is 8.17. The smallest absolute Gasteiger partial charge is 0.301 e. The van der Waals surface area contributed by atoms with Crippen molar-refractivity contribution in [3.05, 3.63) is 81.8 Å². The number of aromatic hydroxyl groups is 1. The Balaban J connectivity index is 1.78. The number of thiazole rings is 1. The van der Waals surface area contributed by atoms with E-state index in [0.29, 0.717) is 33.2 Å². The lowest BCUT2D eigenvalue weighted by molar-refractivity contribution is -0.132. The molecule has 9 nitrogen and oxygen atoms in total. The van der Waals surface area contributed by atoms with Crippen molar-refractivity contribution < 1.29 is 24.6 Å². The van der Waals surface area contributed by atoms with Crippen LogP contribution in [0.3, 0.4) is 0 Å². The second-order valence-corrected chi connectivity index (χ2v) is 9.18. The zero-order valence-corrected chi connectivity index (χ0v) is 19.8. The van der Waals surface area contributed by atoms with Gasteiger partial charge in [-0.3, -0.25) is 23.7 Å². The molecule has 5 rings (SSSR count). The number of hydrogen-bond donors (Lipinski definition) is 2. The number of aliphatic hydroxyl groups is 1. The van der Waals surface area contributed by atoms with Gasteiger partial charge in [0.05, 0.1) is 27.9 Å². The van der Waals surface area contributed by atoms with Gasteiger partial charge in [-0.1, -0.05) is 29.5 Å². The van der Waals surface area contributed by atoms with Crippen LogP contribution in [0.25, 0.3) is 11.4 Å². The van der Waals surface area contributed by atoms with Crippen molar-refractivity contribution in [3.63, 3.8) is 0 Å². The van der Waals surface area contributed by atoms with E-state index in [1.165, 1.54) is 24.0 Å². The fraction of sp³-hybridized carbons (Fsp3) is 0.160. The van der Waals surface area contributed by atoms with Gasteiger partial charge in [0, 0.05) is 13.1 Å². The maximum Gasteiger partial charge on any atom is 0.301 e. The van der Waals surface area contributed by atoms with Crippen molar-refractivity contribution in [3.8, 4) is 5.75 Å². The first-order chi connectivity index (χ1) is 16.7. The van der Waals surface area contributed by atoms with Crippen LogP contribution in [0, 0.1) is 13.8 Å². The first kappa shape index (κ1) is 22.5. The van der Waals surface area contributed by atoms with Crippen molar-refractivity contribution in [2.24, 2.45) is 0 Å². The van der Waals surface area contributed by atoms with Crippen molar-refractivity contribution in [1.82, 2.24) is 14.4 Å². The minimum atomic E-state index is -1.03. The van der Waals surface area contributed by atoms with E-state index in [0.717, 1.165) is 11.3 Å². The van der Waals surface area contributed by atoms with E-state index in [-0.39, 0.29) is 28.0 Å². The van der Waals surface area contributed by atoms with Gasteiger partial charge in [0.15, 0.2) is 16.7 Å². The number of Topliss-reactive ketones (excluding diaryl/α,β-unsaturated/α-hetero) is 2.